The van der Waals surface area contributed by atoms with Crippen LogP contribution in [-0.2, 0) is 11.2 Å². The van der Waals surface area contributed by atoms with E-state index in [1.807, 2.05) is 31.4 Å². The van der Waals surface area contributed by atoms with Crippen molar-refractivity contribution >= 4 is 34.3 Å². The van der Waals surface area contributed by atoms with Gasteiger partial charge >= 0.3 is 12.1 Å². The molecule has 3 aromatic rings. The molecule has 2 aliphatic rings. The number of aromatic nitrogens is 1. The lowest BCUT2D eigenvalue weighted by Crippen LogP contribution is -2.36. The van der Waals surface area contributed by atoms with Crippen LogP contribution in [-0.4, -0.2) is 34.4 Å². The molecule has 37 heavy (non-hydrogen) atoms. The average molecular weight is 525 g/mol. The predicted molar refractivity (Wildman–Crippen MR) is 143 cm³/mol. The molecule has 0 radical (unpaired) electrons. The Morgan fingerprint density at radius 2 is 1.92 bits per heavy atom. The normalized spacial score (nSPS) is 17.4. The molecule has 1 saturated carbocycles. The van der Waals surface area contributed by atoms with Crippen LogP contribution in [0, 0.1) is 6.92 Å². The van der Waals surface area contributed by atoms with Crippen molar-refractivity contribution < 1.29 is 24.2 Å². The number of nitrogens with one attached hydrogen (secondary N) is 1. The second-order valence-electron chi connectivity index (χ2n) is 10.8. The number of carbonyl (C=O) groups excluding carboxylic acids is 1. The number of pyridine rings is 1. The van der Waals surface area contributed by atoms with Crippen molar-refractivity contribution in [3.05, 3.63) is 50.1 Å². The van der Waals surface area contributed by atoms with Crippen molar-refractivity contribution in [3.8, 4) is 16.2 Å². The third kappa shape index (κ3) is 4.61. The van der Waals surface area contributed by atoms with Crippen molar-refractivity contribution in [2.45, 2.75) is 77.5 Å². The third-order valence-corrected chi connectivity index (χ3v) is 8.37. The number of nitrogens with zero attached hydrogens (tertiary/aromatic N) is 1. The SMILES string of the molecule is COc1c(-c2sc3c(c2C)C(NC(=O)OC(C)(C)C)CCC3)ccc2c(=O)c(C(=O)O)cn(C3CC3)c12. The lowest BCUT2D eigenvalue weighted by Gasteiger charge is -2.27. The minimum Gasteiger partial charge on any atom is -0.494 e. The van der Waals surface area contributed by atoms with Gasteiger partial charge in [-0.3, -0.25) is 4.79 Å². The zero-order valence-electron chi connectivity index (χ0n) is 21.8. The molecule has 1 amide bonds. The lowest BCUT2D eigenvalue weighted by atomic mass is 9.89. The number of carboxylic acid groups (broad SMARTS) is 1. The van der Waals surface area contributed by atoms with Gasteiger partial charge in [-0.2, -0.15) is 0 Å². The van der Waals surface area contributed by atoms with Crippen LogP contribution in [0.1, 0.15) is 84.9 Å². The molecule has 0 saturated heterocycles. The fourth-order valence-electron chi connectivity index (χ4n) is 5.29. The molecule has 2 N–H and O–H groups in total. The largest absolute Gasteiger partial charge is 0.494 e. The summed E-state index contributed by atoms with van der Waals surface area (Å²) in [5, 5.41) is 13.0. The molecule has 1 atom stereocenters. The van der Waals surface area contributed by atoms with Gasteiger partial charge in [0.05, 0.1) is 24.1 Å². The number of amides is 1. The molecule has 0 aliphatic heterocycles. The van der Waals surface area contributed by atoms with Gasteiger partial charge < -0.3 is 24.5 Å². The average Bonchev–Trinajstić information content (AvgIpc) is 3.60. The van der Waals surface area contributed by atoms with Crippen LogP contribution in [0.3, 0.4) is 0 Å². The first-order chi connectivity index (χ1) is 17.5. The van der Waals surface area contributed by atoms with Gasteiger partial charge in [0.2, 0.25) is 5.43 Å². The molecule has 0 spiro atoms. The van der Waals surface area contributed by atoms with Crippen LogP contribution in [0.2, 0.25) is 0 Å². The van der Waals surface area contributed by atoms with Crippen LogP contribution in [0.4, 0.5) is 4.79 Å². The molecule has 9 heteroatoms. The molecule has 196 valence electrons. The smallest absolute Gasteiger partial charge is 0.408 e. The molecule has 8 nitrogen and oxygen atoms in total. The first kappa shape index (κ1) is 25.3. The van der Waals surface area contributed by atoms with Crippen LogP contribution < -0.4 is 15.5 Å². The van der Waals surface area contributed by atoms with Crippen molar-refractivity contribution in [1.82, 2.24) is 9.88 Å². The van der Waals surface area contributed by atoms with Crippen molar-refractivity contribution in [2.24, 2.45) is 0 Å². The van der Waals surface area contributed by atoms with Crippen LogP contribution >= 0.6 is 11.3 Å². The number of methoxy groups -OCH3 is 1. The number of alkyl carbamates (subject to hydrolysis) is 1. The van der Waals surface area contributed by atoms with Gasteiger partial charge in [0.1, 0.15) is 11.2 Å². The summed E-state index contributed by atoms with van der Waals surface area (Å²) in [7, 11) is 1.58. The number of fused-ring (bicyclic) bond motifs is 2. The Bertz CT molecular complexity index is 1470. The highest BCUT2D eigenvalue weighted by Gasteiger charge is 2.32. The number of benzene rings is 1. The highest BCUT2D eigenvalue weighted by Crippen LogP contribution is 2.48. The Kier molecular flexibility index (Phi) is 6.30. The monoisotopic (exact) mass is 524 g/mol. The second-order valence-corrected chi connectivity index (χ2v) is 11.9. The van der Waals surface area contributed by atoms with Gasteiger partial charge in [-0.1, -0.05) is 0 Å². The first-order valence-electron chi connectivity index (χ1n) is 12.6. The molecule has 2 heterocycles. The Morgan fingerprint density at radius 1 is 1.19 bits per heavy atom. The quantitative estimate of drug-likeness (QED) is 0.425. The molecule has 2 aromatic heterocycles. The summed E-state index contributed by atoms with van der Waals surface area (Å²) in [5.74, 6) is -0.661. The van der Waals surface area contributed by atoms with E-state index in [1.165, 1.54) is 11.1 Å². The number of aryl methyl sites for hydroxylation is 1. The van der Waals surface area contributed by atoms with Gasteiger partial charge in [0, 0.05) is 27.6 Å². The van der Waals surface area contributed by atoms with Crippen LogP contribution in [0.5, 0.6) is 5.75 Å². The van der Waals surface area contributed by atoms with E-state index in [9.17, 15) is 19.5 Å². The number of carbonyl (C=O) groups is 2. The number of rotatable bonds is 5. The molecular formula is C28H32N2O6S. The Labute approximate surface area is 219 Å². The molecule has 2 aliphatic carbocycles. The van der Waals surface area contributed by atoms with Crippen LogP contribution in [0.25, 0.3) is 21.3 Å². The third-order valence-electron chi connectivity index (χ3n) is 6.97. The Morgan fingerprint density at radius 3 is 2.54 bits per heavy atom. The number of thiophene rings is 1. The maximum absolute atomic E-state index is 13.1. The molecular weight excluding hydrogens is 492 g/mol. The summed E-state index contributed by atoms with van der Waals surface area (Å²) < 4.78 is 13.3. The first-order valence-corrected chi connectivity index (χ1v) is 13.4. The predicted octanol–water partition coefficient (Wildman–Crippen LogP) is 5.98. The van der Waals surface area contributed by atoms with Crippen molar-refractivity contribution in [3.63, 3.8) is 0 Å². The number of ether oxygens (including phenoxy) is 2. The van der Waals surface area contributed by atoms with Crippen LogP contribution in [0.15, 0.2) is 23.1 Å². The van der Waals surface area contributed by atoms with E-state index in [4.69, 9.17) is 9.47 Å². The van der Waals surface area contributed by atoms with E-state index < -0.39 is 23.1 Å². The van der Waals surface area contributed by atoms with Gasteiger partial charge in [-0.15, -0.1) is 11.3 Å². The van der Waals surface area contributed by atoms with Gasteiger partial charge in [-0.05, 0) is 83.1 Å². The fourth-order valence-corrected chi connectivity index (χ4v) is 6.72. The Hall–Kier alpha value is -3.33. The summed E-state index contributed by atoms with van der Waals surface area (Å²) in [6.45, 7) is 7.60. The highest BCUT2D eigenvalue weighted by atomic mass is 32.1. The molecule has 1 fully saturated rings. The zero-order valence-corrected chi connectivity index (χ0v) is 22.6. The number of hydrogen-bond acceptors (Lipinski definition) is 6. The molecule has 5 rings (SSSR count). The molecule has 1 aromatic carbocycles. The minimum atomic E-state index is -1.23. The van der Waals surface area contributed by atoms with Gasteiger partial charge in [-0.25, -0.2) is 9.59 Å². The fraction of sp³-hybridized carbons (Fsp3) is 0.464. The standard InChI is InChI=1S/C28H32N2O6S/c1-14-21-19(29-27(34)36-28(2,3)4)7-6-8-20(21)37-25(14)17-12-11-16-22(24(17)35-5)30(15-9-10-15)13-18(23(16)31)26(32)33/h11-13,15,19H,6-10H2,1-5H3,(H,29,34)(H,32,33). The van der Waals surface area contributed by atoms with Gasteiger partial charge in [0.25, 0.3) is 0 Å². The van der Waals surface area contributed by atoms with Crippen molar-refractivity contribution in [1.29, 1.82) is 0 Å². The number of hydrogen-bond donors (Lipinski definition) is 2. The summed E-state index contributed by atoms with van der Waals surface area (Å²) >= 11 is 1.69. The number of carboxylic acids is 1. The highest BCUT2D eigenvalue weighted by molar-refractivity contribution is 7.16. The van der Waals surface area contributed by atoms with E-state index >= 15 is 0 Å². The maximum Gasteiger partial charge on any atom is 0.408 e. The summed E-state index contributed by atoms with van der Waals surface area (Å²) in [4.78, 5) is 39.6. The topological polar surface area (TPSA) is 107 Å². The summed E-state index contributed by atoms with van der Waals surface area (Å²) in [6.07, 6.45) is 5.60. The zero-order chi connectivity index (χ0) is 26.6. The second kappa shape index (κ2) is 9.20. The van der Waals surface area contributed by atoms with Gasteiger partial charge in [0.15, 0.2) is 5.75 Å². The lowest BCUT2D eigenvalue weighted by molar-refractivity contribution is 0.0498. The number of aromatic carboxylic acids is 1. The summed E-state index contributed by atoms with van der Waals surface area (Å²) in [6, 6.07) is 3.57. The van der Waals surface area contributed by atoms with E-state index in [0.717, 1.165) is 53.7 Å². The van der Waals surface area contributed by atoms with E-state index in [-0.39, 0.29) is 17.6 Å². The van der Waals surface area contributed by atoms with E-state index in [0.29, 0.717) is 16.7 Å². The van der Waals surface area contributed by atoms with Crippen molar-refractivity contribution in [2.75, 3.05) is 7.11 Å². The summed E-state index contributed by atoms with van der Waals surface area (Å²) in [5.41, 5.74) is 2.38. The Balaban J connectivity index is 1.64. The van der Waals surface area contributed by atoms with E-state index in [2.05, 4.69) is 12.2 Å². The van der Waals surface area contributed by atoms with E-state index in [1.54, 1.807) is 24.5 Å². The minimum absolute atomic E-state index is 0.141. The molecule has 1 unspecified atom stereocenters. The molecule has 0 bridgehead atoms. The maximum atomic E-state index is 13.1.